The molecule has 0 aliphatic rings. The maximum atomic E-state index is 11.4. The maximum absolute atomic E-state index is 11.4. The van der Waals surface area contributed by atoms with Gasteiger partial charge in [-0.15, -0.1) is 0 Å². The van der Waals surface area contributed by atoms with Crippen LogP contribution in [-0.2, 0) is 14.3 Å². The molecule has 0 aromatic carbocycles. The van der Waals surface area contributed by atoms with Gasteiger partial charge in [0.05, 0.1) is 13.7 Å². The smallest absolute Gasteiger partial charge is 0.305 e. The number of nitrogens with zero attached hydrogens (tertiary/aromatic N) is 1. The summed E-state index contributed by atoms with van der Waals surface area (Å²) < 4.78 is 4.48. The molecule has 0 unspecified atom stereocenters. The van der Waals surface area contributed by atoms with E-state index < -0.39 is 0 Å². The molecule has 0 bridgehead atoms. The average Bonchev–Trinajstić information content (AvgIpc) is 2.31. The highest BCUT2D eigenvalue weighted by molar-refractivity contribution is 5.78. The molecule has 2 N–H and O–H groups in total. The highest BCUT2D eigenvalue weighted by Crippen LogP contribution is 1.90. The minimum absolute atomic E-state index is 0.0738. The molecule has 0 rings (SSSR count). The summed E-state index contributed by atoms with van der Waals surface area (Å²) >= 11 is 0. The summed E-state index contributed by atoms with van der Waals surface area (Å²) in [4.78, 5) is 24.0. The van der Waals surface area contributed by atoms with Gasteiger partial charge in [-0.2, -0.15) is 0 Å². The second-order valence-corrected chi connectivity index (χ2v) is 3.84. The van der Waals surface area contributed by atoms with Gasteiger partial charge in [-0.05, 0) is 19.9 Å². The van der Waals surface area contributed by atoms with Gasteiger partial charge in [0.1, 0.15) is 0 Å². The number of ether oxygens (including phenoxy) is 1. The van der Waals surface area contributed by atoms with Gasteiger partial charge < -0.3 is 15.2 Å². The summed E-state index contributed by atoms with van der Waals surface area (Å²) in [5.41, 5.74) is 0. The number of carbonyl (C=O) groups is 2. The van der Waals surface area contributed by atoms with E-state index >= 15 is 0 Å². The van der Waals surface area contributed by atoms with Crippen molar-refractivity contribution in [3.63, 3.8) is 0 Å². The normalized spacial score (nSPS) is 10.4. The van der Waals surface area contributed by atoms with Gasteiger partial charge in [0.2, 0.25) is 5.91 Å². The van der Waals surface area contributed by atoms with Crippen LogP contribution < -0.4 is 5.32 Å². The van der Waals surface area contributed by atoms with E-state index in [1.165, 1.54) is 7.11 Å². The number of hydrogen-bond acceptors (Lipinski definition) is 5. The van der Waals surface area contributed by atoms with Gasteiger partial charge in [-0.3, -0.25) is 14.5 Å². The van der Waals surface area contributed by atoms with Crippen molar-refractivity contribution in [1.29, 1.82) is 0 Å². The number of methoxy groups -OCH3 is 1. The standard InChI is InChI=1S/C11H22N2O4/c1-13(7-4-8-14)9-10(15)12-6-3-5-11(16)17-2/h14H,3-9H2,1-2H3,(H,12,15). The van der Waals surface area contributed by atoms with Gasteiger partial charge >= 0.3 is 5.97 Å². The Balaban J connectivity index is 3.49. The first-order valence-corrected chi connectivity index (χ1v) is 5.73. The zero-order valence-corrected chi connectivity index (χ0v) is 10.6. The number of hydrogen-bond donors (Lipinski definition) is 2. The Morgan fingerprint density at radius 1 is 1.35 bits per heavy atom. The van der Waals surface area contributed by atoms with Crippen molar-refractivity contribution in [2.75, 3.05) is 40.4 Å². The molecular weight excluding hydrogens is 224 g/mol. The van der Waals surface area contributed by atoms with Crippen LogP contribution in [0.25, 0.3) is 0 Å². The lowest BCUT2D eigenvalue weighted by Crippen LogP contribution is -2.36. The van der Waals surface area contributed by atoms with Crippen molar-refractivity contribution < 1.29 is 19.4 Å². The molecule has 6 heteroatoms. The third-order valence-corrected chi connectivity index (χ3v) is 2.22. The van der Waals surface area contributed by atoms with Crippen LogP contribution in [0.1, 0.15) is 19.3 Å². The van der Waals surface area contributed by atoms with E-state index in [4.69, 9.17) is 5.11 Å². The van der Waals surface area contributed by atoms with E-state index in [1.807, 2.05) is 11.9 Å². The first-order valence-electron chi connectivity index (χ1n) is 5.73. The Morgan fingerprint density at radius 2 is 2.06 bits per heavy atom. The van der Waals surface area contributed by atoms with Gasteiger partial charge in [0.25, 0.3) is 0 Å². The monoisotopic (exact) mass is 246 g/mol. The van der Waals surface area contributed by atoms with E-state index in [0.717, 1.165) is 0 Å². The van der Waals surface area contributed by atoms with Crippen LogP contribution in [0, 0.1) is 0 Å². The number of likely N-dealkylation sites (N-methyl/N-ethyl adjacent to an activating group) is 1. The Hall–Kier alpha value is -1.14. The Morgan fingerprint density at radius 3 is 2.65 bits per heavy atom. The zero-order chi connectivity index (χ0) is 13.1. The number of esters is 1. The molecule has 0 atom stereocenters. The minimum Gasteiger partial charge on any atom is -0.469 e. The van der Waals surface area contributed by atoms with Gasteiger partial charge in [-0.1, -0.05) is 0 Å². The number of amides is 1. The second-order valence-electron chi connectivity index (χ2n) is 3.84. The van der Waals surface area contributed by atoms with Crippen molar-refractivity contribution in [2.45, 2.75) is 19.3 Å². The predicted molar refractivity (Wildman–Crippen MR) is 63.5 cm³/mol. The molecule has 0 aliphatic heterocycles. The molecule has 0 saturated heterocycles. The number of rotatable bonds is 9. The Bertz CT molecular complexity index is 234. The fraction of sp³-hybridized carbons (Fsp3) is 0.818. The molecule has 0 radical (unpaired) electrons. The number of aliphatic hydroxyl groups excluding tert-OH is 1. The Labute approximate surface area is 102 Å². The highest BCUT2D eigenvalue weighted by Gasteiger charge is 2.06. The van der Waals surface area contributed by atoms with Crippen molar-refractivity contribution in [1.82, 2.24) is 10.2 Å². The largest absolute Gasteiger partial charge is 0.469 e. The van der Waals surface area contributed by atoms with Crippen LogP contribution in [0.5, 0.6) is 0 Å². The average molecular weight is 246 g/mol. The van der Waals surface area contributed by atoms with Crippen molar-refractivity contribution in [3.05, 3.63) is 0 Å². The predicted octanol–water partition coefficient (Wildman–Crippen LogP) is -0.630. The summed E-state index contributed by atoms with van der Waals surface area (Å²) in [5, 5.41) is 11.3. The third-order valence-electron chi connectivity index (χ3n) is 2.22. The van der Waals surface area contributed by atoms with Crippen LogP contribution in [0.4, 0.5) is 0 Å². The minimum atomic E-state index is -0.265. The summed E-state index contributed by atoms with van der Waals surface area (Å²) in [6.07, 6.45) is 1.56. The molecule has 0 aromatic rings. The van der Waals surface area contributed by atoms with E-state index in [2.05, 4.69) is 10.1 Å². The third kappa shape index (κ3) is 9.77. The van der Waals surface area contributed by atoms with Crippen molar-refractivity contribution in [3.8, 4) is 0 Å². The van der Waals surface area contributed by atoms with Gasteiger partial charge in [-0.25, -0.2) is 0 Å². The van der Waals surface area contributed by atoms with Crippen LogP contribution in [0.15, 0.2) is 0 Å². The quantitative estimate of drug-likeness (QED) is 0.418. The van der Waals surface area contributed by atoms with Crippen molar-refractivity contribution >= 4 is 11.9 Å². The fourth-order valence-corrected chi connectivity index (χ4v) is 1.28. The number of carbonyl (C=O) groups excluding carboxylic acids is 2. The molecule has 100 valence electrons. The Kier molecular flexibility index (Phi) is 9.37. The molecule has 0 aromatic heterocycles. The molecule has 0 spiro atoms. The summed E-state index contributed by atoms with van der Waals surface area (Å²) in [5.74, 6) is -0.338. The summed E-state index contributed by atoms with van der Waals surface area (Å²) in [7, 11) is 3.17. The topological polar surface area (TPSA) is 78.9 Å². The lowest BCUT2D eigenvalue weighted by Gasteiger charge is -2.15. The SMILES string of the molecule is COC(=O)CCCNC(=O)CN(C)CCCO. The molecular formula is C11H22N2O4. The van der Waals surface area contributed by atoms with E-state index in [-0.39, 0.29) is 18.5 Å². The zero-order valence-electron chi connectivity index (χ0n) is 10.6. The van der Waals surface area contributed by atoms with Gasteiger partial charge in [0.15, 0.2) is 0 Å². The highest BCUT2D eigenvalue weighted by atomic mass is 16.5. The van der Waals surface area contributed by atoms with Crippen LogP contribution in [-0.4, -0.2) is 62.3 Å². The fourth-order valence-electron chi connectivity index (χ4n) is 1.28. The first-order chi connectivity index (χ1) is 8.10. The molecule has 0 saturated carbocycles. The summed E-state index contributed by atoms with van der Waals surface area (Å²) in [6, 6.07) is 0. The van der Waals surface area contributed by atoms with Crippen LogP contribution in [0.2, 0.25) is 0 Å². The van der Waals surface area contributed by atoms with Crippen molar-refractivity contribution in [2.24, 2.45) is 0 Å². The van der Waals surface area contributed by atoms with Crippen LogP contribution >= 0.6 is 0 Å². The molecule has 17 heavy (non-hydrogen) atoms. The molecule has 6 nitrogen and oxygen atoms in total. The van der Waals surface area contributed by atoms with E-state index in [9.17, 15) is 9.59 Å². The van der Waals surface area contributed by atoms with E-state index in [0.29, 0.717) is 38.9 Å². The lowest BCUT2D eigenvalue weighted by molar-refractivity contribution is -0.140. The van der Waals surface area contributed by atoms with E-state index in [1.54, 1.807) is 0 Å². The molecule has 0 aliphatic carbocycles. The maximum Gasteiger partial charge on any atom is 0.305 e. The molecule has 1 amide bonds. The second kappa shape index (κ2) is 10.0. The van der Waals surface area contributed by atoms with Crippen LogP contribution in [0.3, 0.4) is 0 Å². The molecule has 0 fully saturated rings. The first kappa shape index (κ1) is 15.9. The summed E-state index contributed by atoms with van der Waals surface area (Å²) in [6.45, 7) is 1.59. The molecule has 0 heterocycles. The number of aliphatic hydroxyl groups is 1. The number of nitrogens with one attached hydrogen (secondary N) is 1. The lowest BCUT2D eigenvalue weighted by atomic mass is 10.3. The van der Waals surface area contributed by atoms with Gasteiger partial charge in [0, 0.05) is 26.1 Å².